The van der Waals surface area contributed by atoms with Gasteiger partial charge in [-0.05, 0) is 37.3 Å². The quantitative estimate of drug-likeness (QED) is 0.505. The molecule has 0 bridgehead atoms. The van der Waals surface area contributed by atoms with Gasteiger partial charge in [-0.1, -0.05) is 18.2 Å². The van der Waals surface area contributed by atoms with Crippen molar-refractivity contribution in [3.05, 3.63) is 77.9 Å². The van der Waals surface area contributed by atoms with Crippen LogP contribution < -0.4 is 14.8 Å². The van der Waals surface area contributed by atoms with Crippen LogP contribution in [0.5, 0.6) is 11.5 Å². The van der Waals surface area contributed by atoms with Crippen LogP contribution >= 0.6 is 0 Å². The Kier molecular flexibility index (Phi) is 7.43. The van der Waals surface area contributed by atoms with E-state index in [1.165, 1.54) is 0 Å². The number of amides is 1. The number of para-hydroxylation sites is 1. The van der Waals surface area contributed by atoms with Crippen molar-refractivity contribution >= 4 is 11.7 Å². The summed E-state index contributed by atoms with van der Waals surface area (Å²) in [6.45, 7) is 2.47. The lowest BCUT2D eigenvalue weighted by Gasteiger charge is -2.21. The summed E-state index contributed by atoms with van der Waals surface area (Å²) in [7, 11) is 3.46. The molecule has 1 N–H and O–H groups in total. The predicted octanol–water partition coefficient (Wildman–Crippen LogP) is 3.70. The molecule has 1 amide bonds. The summed E-state index contributed by atoms with van der Waals surface area (Å²) in [6.07, 6.45) is 3.68. The summed E-state index contributed by atoms with van der Waals surface area (Å²) < 4.78 is 12.7. The number of nitrogens with zero attached hydrogens (tertiary/aromatic N) is 2. The van der Waals surface area contributed by atoms with Crippen LogP contribution in [0.4, 0.5) is 0 Å². The first-order valence-electron chi connectivity index (χ1n) is 10.2. The number of hydrogen-bond acceptors (Lipinski definition) is 5. The number of benzene rings is 2. The zero-order valence-corrected chi connectivity index (χ0v) is 18.0. The molecule has 1 heterocycles. The van der Waals surface area contributed by atoms with Gasteiger partial charge < -0.3 is 19.4 Å². The van der Waals surface area contributed by atoms with Gasteiger partial charge in [0.05, 0.1) is 13.7 Å². The third-order valence-electron chi connectivity index (χ3n) is 4.94. The number of nitrogens with one attached hydrogen (secondary N) is 1. The van der Waals surface area contributed by atoms with Gasteiger partial charge in [0, 0.05) is 43.4 Å². The monoisotopic (exact) mass is 421 g/mol. The Morgan fingerprint density at radius 2 is 1.84 bits per heavy atom. The van der Waals surface area contributed by atoms with E-state index in [9.17, 15) is 9.59 Å². The molecule has 0 aliphatic heterocycles. The smallest absolute Gasteiger partial charge is 0.221 e. The Morgan fingerprint density at radius 1 is 1.10 bits per heavy atom. The summed E-state index contributed by atoms with van der Waals surface area (Å²) >= 11 is 0. The molecule has 3 aromatic rings. The number of ether oxygens (including phenoxy) is 2. The van der Waals surface area contributed by atoms with Gasteiger partial charge >= 0.3 is 0 Å². The Bertz CT molecular complexity index is 1030. The summed E-state index contributed by atoms with van der Waals surface area (Å²) in [4.78, 5) is 29.6. The summed E-state index contributed by atoms with van der Waals surface area (Å²) in [5.41, 5.74) is 1.35. The lowest BCUT2D eigenvalue weighted by Crippen LogP contribution is -2.31. The molecule has 0 aliphatic carbocycles. The van der Waals surface area contributed by atoms with Gasteiger partial charge in [-0.2, -0.15) is 0 Å². The maximum Gasteiger partial charge on any atom is 0.221 e. The zero-order valence-electron chi connectivity index (χ0n) is 18.0. The molecule has 162 valence electrons. The average molecular weight is 421 g/mol. The number of imidazole rings is 1. The number of methoxy groups -OCH3 is 1. The first-order valence-corrected chi connectivity index (χ1v) is 10.2. The van der Waals surface area contributed by atoms with Gasteiger partial charge in [-0.25, -0.2) is 4.98 Å². The van der Waals surface area contributed by atoms with E-state index >= 15 is 0 Å². The van der Waals surface area contributed by atoms with E-state index in [1.54, 1.807) is 37.6 Å². The Labute approximate surface area is 182 Å². The summed E-state index contributed by atoms with van der Waals surface area (Å²) in [6, 6.07) is 13.9. The second-order valence-electron chi connectivity index (χ2n) is 7.02. The van der Waals surface area contributed by atoms with Crippen molar-refractivity contribution in [2.24, 2.45) is 7.05 Å². The van der Waals surface area contributed by atoms with Crippen LogP contribution in [0.2, 0.25) is 0 Å². The van der Waals surface area contributed by atoms with Crippen molar-refractivity contribution < 1.29 is 19.1 Å². The van der Waals surface area contributed by atoms with Gasteiger partial charge in [0.1, 0.15) is 23.4 Å². The fraction of sp³-hybridized carbons (Fsp3) is 0.292. The number of hydrogen-bond donors (Lipinski definition) is 1. The highest BCUT2D eigenvalue weighted by molar-refractivity contribution is 5.98. The van der Waals surface area contributed by atoms with Crippen LogP contribution in [0.3, 0.4) is 0 Å². The average Bonchev–Trinajstić information content (AvgIpc) is 3.22. The van der Waals surface area contributed by atoms with Crippen LogP contribution in [-0.4, -0.2) is 35.0 Å². The zero-order chi connectivity index (χ0) is 22.2. The van der Waals surface area contributed by atoms with Crippen molar-refractivity contribution in [2.45, 2.75) is 25.8 Å². The van der Waals surface area contributed by atoms with E-state index in [-0.39, 0.29) is 24.5 Å². The second-order valence-corrected chi connectivity index (χ2v) is 7.02. The van der Waals surface area contributed by atoms with Crippen LogP contribution in [0.1, 0.15) is 47.6 Å². The minimum absolute atomic E-state index is 0.0715. The second kappa shape index (κ2) is 10.4. The third-order valence-corrected chi connectivity index (χ3v) is 4.94. The lowest BCUT2D eigenvalue weighted by molar-refractivity contribution is -0.121. The number of carbonyl (C=O) groups excluding carboxylic acids is 2. The number of Topliss-reactive ketones (excluding diaryl/α,β-unsaturated/α-hetero) is 1. The molecule has 0 radical (unpaired) electrons. The van der Waals surface area contributed by atoms with Crippen molar-refractivity contribution in [2.75, 3.05) is 13.7 Å². The molecule has 1 aromatic heterocycles. The third kappa shape index (κ3) is 5.51. The standard InChI is InChI=1S/C24H27N3O4/c1-4-31-18-11-9-17(10-12-18)20(28)13-14-22(29)26-23(24-25-15-16-27(24)2)19-7-5-6-8-21(19)30-3/h5-12,15-16,23H,4,13-14H2,1-3H3,(H,26,29). The van der Waals surface area contributed by atoms with Crippen LogP contribution in [0, 0.1) is 0 Å². The van der Waals surface area contributed by atoms with Crippen LogP contribution in [0.25, 0.3) is 0 Å². The highest BCUT2D eigenvalue weighted by Crippen LogP contribution is 2.29. The number of aromatic nitrogens is 2. The van der Waals surface area contributed by atoms with Crippen molar-refractivity contribution in [1.82, 2.24) is 14.9 Å². The largest absolute Gasteiger partial charge is 0.496 e. The van der Waals surface area contributed by atoms with Crippen LogP contribution in [-0.2, 0) is 11.8 Å². The highest BCUT2D eigenvalue weighted by atomic mass is 16.5. The summed E-state index contributed by atoms with van der Waals surface area (Å²) in [5.74, 6) is 1.71. The van der Waals surface area contributed by atoms with E-state index < -0.39 is 6.04 Å². The Morgan fingerprint density at radius 3 is 2.48 bits per heavy atom. The molecule has 7 heteroatoms. The maximum atomic E-state index is 12.7. The van der Waals surface area contributed by atoms with E-state index in [0.717, 1.165) is 5.56 Å². The van der Waals surface area contributed by atoms with E-state index in [2.05, 4.69) is 10.3 Å². The first kappa shape index (κ1) is 22.1. The molecule has 7 nitrogen and oxygen atoms in total. The van der Waals surface area contributed by atoms with Gasteiger partial charge in [-0.15, -0.1) is 0 Å². The minimum Gasteiger partial charge on any atom is -0.496 e. The molecule has 31 heavy (non-hydrogen) atoms. The molecular formula is C24H27N3O4. The highest BCUT2D eigenvalue weighted by Gasteiger charge is 2.24. The minimum atomic E-state index is -0.496. The first-order chi connectivity index (χ1) is 15.0. The topological polar surface area (TPSA) is 82.5 Å². The molecule has 0 spiro atoms. The van der Waals surface area contributed by atoms with Gasteiger partial charge in [-0.3, -0.25) is 9.59 Å². The molecule has 0 saturated carbocycles. The molecule has 0 aliphatic rings. The number of rotatable bonds is 10. The molecule has 2 aromatic carbocycles. The summed E-state index contributed by atoms with van der Waals surface area (Å²) in [5, 5.41) is 3.01. The normalized spacial score (nSPS) is 11.6. The van der Waals surface area contributed by atoms with Crippen molar-refractivity contribution in [3.63, 3.8) is 0 Å². The molecule has 1 unspecified atom stereocenters. The molecule has 0 fully saturated rings. The van der Waals surface area contributed by atoms with E-state index in [4.69, 9.17) is 9.47 Å². The molecular weight excluding hydrogens is 394 g/mol. The molecule has 1 atom stereocenters. The van der Waals surface area contributed by atoms with Gasteiger partial charge in [0.2, 0.25) is 5.91 Å². The molecule has 3 rings (SSSR count). The van der Waals surface area contributed by atoms with E-state index in [0.29, 0.717) is 29.5 Å². The van der Waals surface area contributed by atoms with Gasteiger partial charge in [0.15, 0.2) is 5.78 Å². The Hall–Kier alpha value is -3.61. The number of ketones is 1. The van der Waals surface area contributed by atoms with Crippen molar-refractivity contribution in [1.29, 1.82) is 0 Å². The Balaban J connectivity index is 1.69. The number of carbonyl (C=O) groups is 2. The SMILES string of the molecule is CCOc1ccc(C(=O)CCC(=O)NC(c2ccccc2OC)c2nccn2C)cc1. The van der Waals surface area contributed by atoms with Crippen molar-refractivity contribution in [3.8, 4) is 11.5 Å². The van der Waals surface area contributed by atoms with Crippen LogP contribution in [0.15, 0.2) is 60.9 Å². The fourth-order valence-corrected chi connectivity index (χ4v) is 3.35. The lowest BCUT2D eigenvalue weighted by atomic mass is 10.0. The predicted molar refractivity (Wildman–Crippen MR) is 117 cm³/mol. The number of aryl methyl sites for hydroxylation is 1. The van der Waals surface area contributed by atoms with Gasteiger partial charge in [0.25, 0.3) is 0 Å². The maximum absolute atomic E-state index is 12.7. The van der Waals surface area contributed by atoms with E-state index in [1.807, 2.05) is 49.0 Å². The molecule has 0 saturated heterocycles. The fourth-order valence-electron chi connectivity index (χ4n) is 3.35.